The summed E-state index contributed by atoms with van der Waals surface area (Å²) in [6, 6.07) is 15.1. The van der Waals surface area contributed by atoms with Gasteiger partial charge in [-0.1, -0.05) is 17.7 Å². The van der Waals surface area contributed by atoms with E-state index in [4.69, 9.17) is 4.74 Å². The average molecular weight is 405 g/mol. The van der Waals surface area contributed by atoms with Crippen LogP contribution in [-0.2, 0) is 16.1 Å². The molecule has 2 N–H and O–H groups in total. The zero-order chi connectivity index (χ0) is 21.1. The Hall–Kier alpha value is -3.68. The third-order valence-electron chi connectivity index (χ3n) is 5.15. The van der Waals surface area contributed by atoms with Crippen molar-refractivity contribution >= 4 is 17.5 Å². The molecular weight excluding hydrogens is 382 g/mol. The minimum Gasteiger partial charge on any atom is -0.497 e. The maximum atomic E-state index is 12.6. The first-order valence-corrected chi connectivity index (χ1v) is 9.74. The van der Waals surface area contributed by atoms with Crippen LogP contribution in [0.3, 0.4) is 0 Å². The molecule has 0 bridgehead atoms. The maximum absolute atomic E-state index is 12.6. The van der Waals surface area contributed by atoms with Gasteiger partial charge in [0.05, 0.1) is 19.6 Å². The number of amides is 2. The number of carbonyl (C=O) groups is 2. The molecule has 1 fully saturated rings. The van der Waals surface area contributed by atoms with E-state index in [-0.39, 0.29) is 30.7 Å². The van der Waals surface area contributed by atoms with E-state index in [0.29, 0.717) is 18.2 Å². The van der Waals surface area contributed by atoms with Gasteiger partial charge in [-0.05, 0) is 43.3 Å². The molecule has 1 aromatic heterocycles. The van der Waals surface area contributed by atoms with Crippen molar-refractivity contribution in [2.24, 2.45) is 5.92 Å². The smallest absolute Gasteiger partial charge is 0.227 e. The van der Waals surface area contributed by atoms with Crippen LogP contribution in [-0.4, -0.2) is 40.7 Å². The molecule has 0 spiro atoms. The first-order valence-electron chi connectivity index (χ1n) is 9.74. The Morgan fingerprint density at radius 1 is 1.20 bits per heavy atom. The molecule has 0 radical (unpaired) electrons. The monoisotopic (exact) mass is 405 g/mol. The lowest BCUT2D eigenvalue weighted by atomic mass is 10.1. The van der Waals surface area contributed by atoms with Crippen LogP contribution in [0, 0.1) is 12.8 Å². The average Bonchev–Trinajstić information content (AvgIpc) is 3.40. The summed E-state index contributed by atoms with van der Waals surface area (Å²) in [4.78, 5) is 31.0. The van der Waals surface area contributed by atoms with Gasteiger partial charge in [0.2, 0.25) is 11.8 Å². The number of hydrogen-bond acceptors (Lipinski definition) is 5. The molecular formula is C22H23N5O3. The van der Waals surface area contributed by atoms with Crippen molar-refractivity contribution in [3.8, 4) is 17.1 Å². The highest BCUT2D eigenvalue weighted by Gasteiger charge is 2.35. The van der Waals surface area contributed by atoms with Crippen molar-refractivity contribution in [3.05, 3.63) is 59.9 Å². The Morgan fingerprint density at radius 2 is 1.93 bits per heavy atom. The molecule has 2 heterocycles. The number of aromatic amines is 1. The highest BCUT2D eigenvalue weighted by atomic mass is 16.5. The van der Waals surface area contributed by atoms with Crippen molar-refractivity contribution in [2.45, 2.75) is 19.9 Å². The number of benzene rings is 2. The van der Waals surface area contributed by atoms with E-state index >= 15 is 0 Å². The van der Waals surface area contributed by atoms with Crippen LogP contribution in [0.5, 0.6) is 5.75 Å². The zero-order valence-electron chi connectivity index (χ0n) is 16.9. The molecule has 3 aromatic rings. The second kappa shape index (κ2) is 8.36. The van der Waals surface area contributed by atoms with Crippen molar-refractivity contribution in [3.63, 3.8) is 0 Å². The number of H-pyrrole nitrogens is 1. The van der Waals surface area contributed by atoms with Crippen molar-refractivity contribution in [1.29, 1.82) is 0 Å². The number of aryl methyl sites for hydroxylation is 1. The highest BCUT2D eigenvalue weighted by molar-refractivity contribution is 6.00. The quantitative estimate of drug-likeness (QED) is 0.656. The minimum absolute atomic E-state index is 0.0412. The van der Waals surface area contributed by atoms with E-state index in [0.717, 1.165) is 22.6 Å². The van der Waals surface area contributed by atoms with Crippen LogP contribution in [0.1, 0.15) is 17.8 Å². The number of methoxy groups -OCH3 is 1. The molecule has 8 heteroatoms. The first kappa shape index (κ1) is 19.6. The van der Waals surface area contributed by atoms with Gasteiger partial charge in [0.25, 0.3) is 0 Å². The lowest BCUT2D eigenvalue weighted by Gasteiger charge is -2.16. The van der Waals surface area contributed by atoms with E-state index in [1.54, 1.807) is 12.0 Å². The Labute approximate surface area is 174 Å². The number of hydrogen-bond donors (Lipinski definition) is 2. The molecule has 8 nitrogen and oxygen atoms in total. The summed E-state index contributed by atoms with van der Waals surface area (Å²) in [6.07, 6.45) is 0.202. The van der Waals surface area contributed by atoms with E-state index in [2.05, 4.69) is 20.5 Å². The summed E-state index contributed by atoms with van der Waals surface area (Å²) < 4.78 is 5.15. The highest BCUT2D eigenvalue weighted by Crippen LogP contribution is 2.25. The number of rotatable bonds is 6. The second-order valence-corrected chi connectivity index (χ2v) is 7.29. The van der Waals surface area contributed by atoms with Crippen molar-refractivity contribution < 1.29 is 14.3 Å². The molecule has 0 saturated carbocycles. The predicted octanol–water partition coefficient (Wildman–Crippen LogP) is 2.46. The fraction of sp³-hybridized carbons (Fsp3) is 0.273. The Balaban J connectivity index is 1.34. The van der Waals surface area contributed by atoms with E-state index in [9.17, 15) is 9.59 Å². The van der Waals surface area contributed by atoms with E-state index in [1.165, 1.54) is 0 Å². The topological polar surface area (TPSA) is 100 Å². The number of anilines is 1. The van der Waals surface area contributed by atoms with E-state index in [1.807, 2.05) is 55.5 Å². The summed E-state index contributed by atoms with van der Waals surface area (Å²) in [5.74, 6) is 1.26. The Bertz CT molecular complexity index is 1040. The van der Waals surface area contributed by atoms with Gasteiger partial charge in [-0.15, -0.1) is 0 Å². The summed E-state index contributed by atoms with van der Waals surface area (Å²) in [5.41, 5.74) is 2.79. The zero-order valence-corrected chi connectivity index (χ0v) is 16.9. The lowest BCUT2D eigenvalue weighted by Crippen LogP contribution is -2.32. The second-order valence-electron chi connectivity index (χ2n) is 7.29. The van der Waals surface area contributed by atoms with Gasteiger partial charge in [0.1, 0.15) is 11.6 Å². The first-order chi connectivity index (χ1) is 14.5. The minimum atomic E-state index is -0.386. The fourth-order valence-electron chi connectivity index (χ4n) is 3.42. The van der Waals surface area contributed by atoms with Gasteiger partial charge in [-0.2, -0.15) is 5.10 Å². The summed E-state index contributed by atoms with van der Waals surface area (Å²) in [6.45, 7) is 2.59. The summed E-state index contributed by atoms with van der Waals surface area (Å²) in [7, 11) is 1.61. The molecule has 4 rings (SSSR count). The third-order valence-corrected chi connectivity index (χ3v) is 5.15. The molecule has 30 heavy (non-hydrogen) atoms. The molecule has 0 aliphatic carbocycles. The fourth-order valence-corrected chi connectivity index (χ4v) is 3.42. The predicted molar refractivity (Wildman–Crippen MR) is 112 cm³/mol. The summed E-state index contributed by atoms with van der Waals surface area (Å²) >= 11 is 0. The van der Waals surface area contributed by atoms with Crippen LogP contribution in [0.15, 0.2) is 48.5 Å². The maximum Gasteiger partial charge on any atom is 0.227 e. The normalized spacial score (nSPS) is 16.0. The van der Waals surface area contributed by atoms with Gasteiger partial charge in [0, 0.05) is 24.2 Å². The Morgan fingerprint density at radius 3 is 2.63 bits per heavy atom. The number of carbonyl (C=O) groups excluding carboxylic acids is 2. The number of aromatic nitrogens is 3. The largest absolute Gasteiger partial charge is 0.497 e. The Kier molecular flexibility index (Phi) is 5.47. The number of nitrogens with one attached hydrogen (secondary N) is 2. The van der Waals surface area contributed by atoms with Gasteiger partial charge in [-0.3, -0.25) is 14.7 Å². The van der Waals surface area contributed by atoms with Crippen molar-refractivity contribution in [1.82, 2.24) is 20.5 Å². The molecule has 1 aliphatic heterocycles. The van der Waals surface area contributed by atoms with Crippen LogP contribution < -0.4 is 15.0 Å². The molecule has 1 atom stereocenters. The molecule has 154 valence electrons. The summed E-state index contributed by atoms with van der Waals surface area (Å²) in [5, 5.41) is 9.89. The molecule has 2 aromatic carbocycles. The van der Waals surface area contributed by atoms with Gasteiger partial charge in [0.15, 0.2) is 5.82 Å². The van der Waals surface area contributed by atoms with Crippen LogP contribution >= 0.6 is 0 Å². The van der Waals surface area contributed by atoms with Crippen molar-refractivity contribution in [2.75, 3.05) is 18.6 Å². The van der Waals surface area contributed by atoms with Crippen LogP contribution in [0.25, 0.3) is 11.4 Å². The number of nitrogens with zero attached hydrogens (tertiary/aromatic N) is 3. The molecule has 1 saturated heterocycles. The van der Waals surface area contributed by atoms with Gasteiger partial charge >= 0.3 is 0 Å². The molecule has 1 unspecified atom stereocenters. The molecule has 2 amide bonds. The molecule has 1 aliphatic rings. The van der Waals surface area contributed by atoms with Crippen LogP contribution in [0.4, 0.5) is 5.69 Å². The van der Waals surface area contributed by atoms with Gasteiger partial charge < -0.3 is 15.0 Å². The van der Waals surface area contributed by atoms with Crippen LogP contribution in [0.2, 0.25) is 0 Å². The standard InChI is InChI=1S/C22H23N5O3/c1-14-3-7-17(8-4-14)27-13-16(11-20(27)28)22(29)23-12-19-24-21(26-25-19)15-5-9-18(30-2)10-6-15/h3-10,16H,11-13H2,1-2H3,(H,23,29)(H,24,25,26). The lowest BCUT2D eigenvalue weighted by molar-refractivity contribution is -0.126. The number of ether oxygens (including phenoxy) is 1. The van der Waals surface area contributed by atoms with Gasteiger partial charge in [-0.25, -0.2) is 4.98 Å². The third kappa shape index (κ3) is 4.17. The van der Waals surface area contributed by atoms with E-state index < -0.39 is 0 Å². The SMILES string of the molecule is COc1ccc(-c2n[nH]c(CNC(=O)C3CC(=O)N(c4ccc(C)cc4)C3)n2)cc1.